The van der Waals surface area contributed by atoms with Gasteiger partial charge in [0.15, 0.2) is 0 Å². The summed E-state index contributed by atoms with van der Waals surface area (Å²) in [5.41, 5.74) is 1.93. The molecule has 6 heteroatoms. The molecule has 1 aliphatic heterocycles. The zero-order chi connectivity index (χ0) is 20.8. The number of aliphatic hydroxyl groups is 1. The van der Waals surface area contributed by atoms with Gasteiger partial charge in [-0.15, -0.1) is 0 Å². The normalized spacial score (nSPS) is 15.6. The molecular formula is C24H30N4O2. The molecule has 0 bridgehead atoms. The van der Waals surface area contributed by atoms with Crippen molar-refractivity contribution in [1.82, 2.24) is 19.4 Å². The third-order valence-electron chi connectivity index (χ3n) is 5.88. The third kappa shape index (κ3) is 4.95. The van der Waals surface area contributed by atoms with Crippen molar-refractivity contribution in [3.8, 4) is 0 Å². The van der Waals surface area contributed by atoms with Crippen molar-refractivity contribution in [3.05, 3.63) is 76.3 Å². The maximum Gasteiger partial charge on any atom is 0.261 e. The second-order valence-corrected chi connectivity index (χ2v) is 7.93. The van der Waals surface area contributed by atoms with E-state index < -0.39 is 0 Å². The summed E-state index contributed by atoms with van der Waals surface area (Å²) < 4.78 is 1.84. The Labute approximate surface area is 177 Å². The maximum atomic E-state index is 13.2. The Bertz CT molecular complexity index is 1010. The number of piperazine rings is 1. The minimum Gasteiger partial charge on any atom is -0.395 e. The van der Waals surface area contributed by atoms with Crippen molar-refractivity contribution in [2.45, 2.75) is 19.4 Å². The van der Waals surface area contributed by atoms with Crippen LogP contribution in [0.25, 0.3) is 10.9 Å². The second kappa shape index (κ2) is 9.98. The van der Waals surface area contributed by atoms with Gasteiger partial charge in [0.25, 0.3) is 5.56 Å². The molecule has 4 rings (SSSR count). The van der Waals surface area contributed by atoms with E-state index in [1.807, 2.05) is 47.0 Å². The van der Waals surface area contributed by atoms with E-state index in [0.717, 1.165) is 69.0 Å². The van der Waals surface area contributed by atoms with E-state index in [1.54, 1.807) is 0 Å². The van der Waals surface area contributed by atoms with Crippen LogP contribution in [0.4, 0.5) is 0 Å². The molecule has 1 fully saturated rings. The molecule has 0 radical (unpaired) electrons. The highest BCUT2D eigenvalue weighted by Gasteiger charge is 2.17. The highest BCUT2D eigenvalue weighted by Crippen LogP contribution is 2.12. The van der Waals surface area contributed by atoms with Crippen LogP contribution < -0.4 is 5.56 Å². The number of rotatable bonds is 8. The summed E-state index contributed by atoms with van der Waals surface area (Å²) >= 11 is 0. The molecule has 3 aromatic rings. The number of hydrogen-bond donors (Lipinski definition) is 1. The van der Waals surface area contributed by atoms with Crippen LogP contribution in [0.15, 0.2) is 59.4 Å². The number of aryl methyl sites for hydroxylation is 1. The third-order valence-corrected chi connectivity index (χ3v) is 5.88. The van der Waals surface area contributed by atoms with Gasteiger partial charge in [-0.2, -0.15) is 0 Å². The van der Waals surface area contributed by atoms with Crippen LogP contribution in [0.5, 0.6) is 0 Å². The van der Waals surface area contributed by atoms with Crippen LogP contribution in [0.3, 0.4) is 0 Å². The van der Waals surface area contributed by atoms with Gasteiger partial charge in [0.1, 0.15) is 5.82 Å². The van der Waals surface area contributed by atoms with Gasteiger partial charge in [-0.3, -0.25) is 14.3 Å². The van der Waals surface area contributed by atoms with E-state index in [4.69, 9.17) is 10.1 Å². The predicted octanol–water partition coefficient (Wildman–Crippen LogP) is 1.99. The minimum absolute atomic E-state index is 0.0390. The molecule has 0 unspecified atom stereocenters. The average Bonchev–Trinajstić information content (AvgIpc) is 2.78. The van der Waals surface area contributed by atoms with Gasteiger partial charge >= 0.3 is 0 Å². The van der Waals surface area contributed by atoms with Crippen molar-refractivity contribution in [1.29, 1.82) is 0 Å². The smallest absolute Gasteiger partial charge is 0.261 e. The zero-order valence-corrected chi connectivity index (χ0v) is 17.4. The number of para-hydroxylation sites is 1. The van der Waals surface area contributed by atoms with E-state index in [9.17, 15) is 4.79 Å². The van der Waals surface area contributed by atoms with E-state index in [2.05, 4.69) is 21.9 Å². The summed E-state index contributed by atoms with van der Waals surface area (Å²) in [6, 6.07) is 17.7. The first-order valence-corrected chi connectivity index (χ1v) is 10.8. The van der Waals surface area contributed by atoms with Gasteiger partial charge in [-0.05, 0) is 30.7 Å². The summed E-state index contributed by atoms with van der Waals surface area (Å²) in [6.45, 7) is 6.62. The predicted molar refractivity (Wildman–Crippen MR) is 120 cm³/mol. The lowest BCUT2D eigenvalue weighted by molar-refractivity contribution is 0.112. The van der Waals surface area contributed by atoms with Gasteiger partial charge in [-0.1, -0.05) is 42.5 Å². The number of fused-ring (bicyclic) bond motifs is 1. The lowest BCUT2D eigenvalue weighted by atomic mass is 10.2. The molecule has 0 saturated carbocycles. The van der Waals surface area contributed by atoms with Crippen molar-refractivity contribution in [2.75, 3.05) is 45.9 Å². The fourth-order valence-corrected chi connectivity index (χ4v) is 4.17. The van der Waals surface area contributed by atoms with Crippen LogP contribution >= 0.6 is 0 Å². The molecule has 0 aliphatic carbocycles. The largest absolute Gasteiger partial charge is 0.395 e. The number of hydrogen-bond acceptors (Lipinski definition) is 5. The molecule has 1 saturated heterocycles. The van der Waals surface area contributed by atoms with Crippen LogP contribution in [0, 0.1) is 0 Å². The summed E-state index contributed by atoms with van der Waals surface area (Å²) in [5.74, 6) is 0.862. The zero-order valence-electron chi connectivity index (χ0n) is 17.4. The molecule has 158 valence electrons. The van der Waals surface area contributed by atoms with Gasteiger partial charge in [-0.25, -0.2) is 4.98 Å². The van der Waals surface area contributed by atoms with E-state index >= 15 is 0 Å². The SMILES string of the molecule is O=c1c2ccccc2nc(CCCN2CCN(CCO)CC2)n1Cc1ccccc1. The Balaban J connectivity index is 1.48. The van der Waals surface area contributed by atoms with Gasteiger partial charge in [0.05, 0.1) is 24.1 Å². The van der Waals surface area contributed by atoms with E-state index in [1.165, 1.54) is 0 Å². The summed E-state index contributed by atoms with van der Waals surface area (Å²) in [5, 5.41) is 9.77. The van der Waals surface area contributed by atoms with Crippen LogP contribution in [0.1, 0.15) is 17.8 Å². The van der Waals surface area contributed by atoms with E-state index in [-0.39, 0.29) is 12.2 Å². The molecule has 1 N–H and O–H groups in total. The summed E-state index contributed by atoms with van der Waals surface area (Å²) in [7, 11) is 0. The second-order valence-electron chi connectivity index (χ2n) is 7.93. The van der Waals surface area contributed by atoms with Crippen molar-refractivity contribution in [2.24, 2.45) is 0 Å². The Kier molecular flexibility index (Phi) is 6.89. The number of aromatic nitrogens is 2. The minimum atomic E-state index is 0.0390. The van der Waals surface area contributed by atoms with Gasteiger partial charge in [0, 0.05) is 39.1 Å². The number of aliphatic hydroxyl groups excluding tert-OH is 1. The van der Waals surface area contributed by atoms with Crippen LogP contribution in [-0.4, -0.2) is 70.3 Å². The highest BCUT2D eigenvalue weighted by molar-refractivity contribution is 5.77. The standard InChI is InChI=1S/C24H30N4O2/c29-18-17-27-15-13-26(14-16-27)12-6-11-23-25-22-10-5-4-9-21(22)24(30)28(23)19-20-7-2-1-3-8-20/h1-5,7-10,29H,6,11-19H2. The first-order valence-electron chi connectivity index (χ1n) is 10.8. The van der Waals surface area contributed by atoms with Gasteiger partial charge < -0.3 is 10.0 Å². The molecule has 0 spiro atoms. The fraction of sp³-hybridized carbons (Fsp3) is 0.417. The average molecular weight is 407 g/mol. The molecule has 30 heavy (non-hydrogen) atoms. The van der Waals surface area contributed by atoms with E-state index in [0.29, 0.717) is 11.9 Å². The lowest BCUT2D eigenvalue weighted by Gasteiger charge is -2.34. The van der Waals surface area contributed by atoms with Crippen molar-refractivity contribution < 1.29 is 5.11 Å². The Morgan fingerprint density at radius 2 is 1.53 bits per heavy atom. The molecule has 6 nitrogen and oxygen atoms in total. The first kappa shape index (κ1) is 20.7. The number of β-amino-alcohol motifs (C(OH)–C–C–N with tert-alkyl or cyclic N) is 1. The Morgan fingerprint density at radius 1 is 0.867 bits per heavy atom. The highest BCUT2D eigenvalue weighted by atomic mass is 16.3. The van der Waals surface area contributed by atoms with Crippen LogP contribution in [0.2, 0.25) is 0 Å². The van der Waals surface area contributed by atoms with Gasteiger partial charge in [0.2, 0.25) is 0 Å². The monoisotopic (exact) mass is 406 g/mol. The van der Waals surface area contributed by atoms with Crippen molar-refractivity contribution in [3.63, 3.8) is 0 Å². The summed E-state index contributed by atoms with van der Waals surface area (Å²) in [6.07, 6.45) is 1.75. The molecule has 0 atom stereocenters. The summed E-state index contributed by atoms with van der Waals surface area (Å²) in [4.78, 5) is 22.8. The topological polar surface area (TPSA) is 61.6 Å². The molecule has 1 aromatic heterocycles. The molecule has 1 aliphatic rings. The Hall–Kier alpha value is -2.54. The number of nitrogens with zero attached hydrogens (tertiary/aromatic N) is 4. The quantitative estimate of drug-likeness (QED) is 0.620. The molecule has 2 heterocycles. The van der Waals surface area contributed by atoms with Crippen LogP contribution in [-0.2, 0) is 13.0 Å². The number of benzene rings is 2. The van der Waals surface area contributed by atoms with Crippen molar-refractivity contribution >= 4 is 10.9 Å². The molecule has 0 amide bonds. The Morgan fingerprint density at radius 3 is 2.27 bits per heavy atom. The first-order chi connectivity index (χ1) is 14.7. The maximum absolute atomic E-state index is 13.2. The molecule has 2 aromatic carbocycles. The molecular weight excluding hydrogens is 376 g/mol. The lowest BCUT2D eigenvalue weighted by Crippen LogP contribution is -2.47. The fourth-order valence-electron chi connectivity index (χ4n) is 4.17.